The highest BCUT2D eigenvalue weighted by Gasteiger charge is 2.35. The van der Waals surface area contributed by atoms with Crippen molar-refractivity contribution >= 4 is 49.4 Å². The summed E-state index contributed by atoms with van der Waals surface area (Å²) in [7, 11) is 0. The Morgan fingerprint density at radius 1 is 0.276 bits per heavy atom. The molecule has 0 unspecified atom stereocenters. The number of hydrogen-bond acceptors (Lipinski definition) is 1. The van der Waals surface area contributed by atoms with Crippen LogP contribution in [0.1, 0.15) is 25.0 Å². The zero-order chi connectivity index (χ0) is 38.8. The van der Waals surface area contributed by atoms with Gasteiger partial charge in [0.25, 0.3) is 0 Å². The summed E-state index contributed by atoms with van der Waals surface area (Å²) in [6.45, 7) is 4.74. The van der Waals surface area contributed by atoms with Crippen LogP contribution in [0.5, 0.6) is 0 Å². The number of fused-ring (bicyclic) bond motifs is 9. The van der Waals surface area contributed by atoms with E-state index in [4.69, 9.17) is 0 Å². The van der Waals surface area contributed by atoms with E-state index in [9.17, 15) is 0 Å². The minimum atomic E-state index is -0.0540. The molecular formula is C57H41N. The Labute approximate surface area is 340 Å². The summed E-state index contributed by atoms with van der Waals surface area (Å²) < 4.78 is 0. The van der Waals surface area contributed by atoms with Gasteiger partial charge < -0.3 is 4.90 Å². The van der Waals surface area contributed by atoms with Gasteiger partial charge in [0, 0.05) is 22.5 Å². The first-order valence-electron chi connectivity index (χ1n) is 20.3. The highest BCUT2D eigenvalue weighted by atomic mass is 15.1. The van der Waals surface area contributed by atoms with Crippen LogP contribution in [0.2, 0.25) is 0 Å². The first-order chi connectivity index (χ1) is 28.5. The molecule has 1 nitrogen and oxygen atoms in total. The van der Waals surface area contributed by atoms with E-state index in [2.05, 4.69) is 231 Å². The Hall–Kier alpha value is -7.22. The standard InChI is InChI=1S/C57H41N/c1-57(2)55-20-12-11-19-50(55)54-36-52-48-18-10-9-17-47(48)51-35-43(27-34-49(51)53(52)37-56(54)57)42-25-32-46(33-26-42)58(44-28-21-40(22-29-44)38-13-5-3-6-14-38)45-30-23-41(24-31-45)39-15-7-4-8-16-39/h3-37H,1-2H3. The van der Waals surface area contributed by atoms with Gasteiger partial charge in [-0.2, -0.15) is 0 Å². The van der Waals surface area contributed by atoms with Crippen LogP contribution in [-0.4, -0.2) is 0 Å². The van der Waals surface area contributed by atoms with E-state index < -0.39 is 0 Å². The summed E-state index contributed by atoms with van der Waals surface area (Å²) >= 11 is 0. The molecule has 58 heavy (non-hydrogen) atoms. The van der Waals surface area contributed by atoms with Crippen molar-refractivity contribution < 1.29 is 0 Å². The molecule has 0 spiro atoms. The fourth-order valence-corrected chi connectivity index (χ4v) is 9.44. The Morgan fingerprint density at radius 3 is 1.22 bits per heavy atom. The zero-order valence-electron chi connectivity index (χ0n) is 32.7. The first kappa shape index (κ1) is 34.1. The second-order valence-corrected chi connectivity index (χ2v) is 16.1. The molecule has 1 aliphatic carbocycles. The smallest absolute Gasteiger partial charge is 0.0462 e. The van der Waals surface area contributed by atoms with Crippen molar-refractivity contribution in [1.29, 1.82) is 0 Å². The largest absolute Gasteiger partial charge is 0.311 e. The molecule has 0 atom stereocenters. The Bertz CT molecular complexity index is 3060. The molecule has 0 amide bonds. The summed E-state index contributed by atoms with van der Waals surface area (Å²) in [5, 5.41) is 7.82. The molecule has 274 valence electrons. The fourth-order valence-electron chi connectivity index (χ4n) is 9.44. The van der Waals surface area contributed by atoms with E-state index in [1.54, 1.807) is 0 Å². The molecular weight excluding hydrogens is 699 g/mol. The first-order valence-corrected chi connectivity index (χ1v) is 20.3. The molecule has 0 N–H and O–H groups in total. The maximum atomic E-state index is 2.49. The van der Waals surface area contributed by atoms with Crippen molar-refractivity contribution in [3.8, 4) is 44.5 Å². The second kappa shape index (κ2) is 13.5. The summed E-state index contributed by atoms with van der Waals surface area (Å²) in [5.41, 5.74) is 16.1. The third-order valence-corrected chi connectivity index (χ3v) is 12.5. The van der Waals surface area contributed by atoms with E-state index in [1.807, 2.05) is 0 Å². The van der Waals surface area contributed by atoms with Crippen LogP contribution < -0.4 is 4.90 Å². The van der Waals surface area contributed by atoms with Crippen LogP contribution in [0.25, 0.3) is 76.8 Å². The van der Waals surface area contributed by atoms with Gasteiger partial charge >= 0.3 is 0 Å². The van der Waals surface area contributed by atoms with E-state index in [0.29, 0.717) is 0 Å². The SMILES string of the molecule is CC1(C)c2ccccc2-c2cc3c4ccccc4c4cc(-c5ccc(N(c6ccc(-c7ccccc7)cc6)c6ccc(-c7ccccc7)cc6)cc5)ccc4c3cc21. The molecule has 0 bridgehead atoms. The van der Waals surface area contributed by atoms with Gasteiger partial charge in [-0.3, -0.25) is 0 Å². The molecule has 0 aliphatic heterocycles. The molecule has 0 radical (unpaired) electrons. The Balaban J connectivity index is 1.00. The van der Waals surface area contributed by atoms with E-state index in [1.165, 1.54) is 88.0 Å². The van der Waals surface area contributed by atoms with Crippen LogP contribution in [0, 0.1) is 0 Å². The molecule has 10 aromatic rings. The Kier molecular flexibility index (Phi) is 7.91. The van der Waals surface area contributed by atoms with E-state index in [0.717, 1.165) is 17.1 Å². The monoisotopic (exact) mass is 739 g/mol. The average Bonchev–Trinajstić information content (AvgIpc) is 3.52. The number of hydrogen-bond donors (Lipinski definition) is 0. The van der Waals surface area contributed by atoms with Crippen molar-refractivity contribution in [2.75, 3.05) is 4.90 Å². The molecule has 0 aromatic heterocycles. The molecule has 11 rings (SSSR count). The molecule has 0 heterocycles. The average molecular weight is 740 g/mol. The number of rotatable bonds is 6. The molecule has 10 aromatic carbocycles. The minimum Gasteiger partial charge on any atom is -0.311 e. The highest BCUT2D eigenvalue weighted by Crippen LogP contribution is 2.51. The summed E-state index contributed by atoms with van der Waals surface area (Å²) in [6.07, 6.45) is 0. The fraction of sp³-hybridized carbons (Fsp3) is 0.0526. The van der Waals surface area contributed by atoms with Crippen molar-refractivity contribution in [3.05, 3.63) is 223 Å². The summed E-state index contributed by atoms with van der Waals surface area (Å²) in [4.78, 5) is 2.35. The van der Waals surface area contributed by atoms with Gasteiger partial charge in [0.1, 0.15) is 0 Å². The molecule has 1 heteroatoms. The van der Waals surface area contributed by atoms with Gasteiger partial charge in [-0.05, 0) is 143 Å². The predicted octanol–water partition coefficient (Wildman–Crippen LogP) is 15.9. The van der Waals surface area contributed by atoms with Gasteiger partial charge in [0.2, 0.25) is 0 Å². The van der Waals surface area contributed by atoms with Crippen molar-refractivity contribution in [2.24, 2.45) is 0 Å². The van der Waals surface area contributed by atoms with Gasteiger partial charge in [0.05, 0.1) is 0 Å². The topological polar surface area (TPSA) is 3.24 Å². The molecule has 1 aliphatic rings. The van der Waals surface area contributed by atoms with Crippen LogP contribution >= 0.6 is 0 Å². The second-order valence-electron chi connectivity index (χ2n) is 16.1. The Morgan fingerprint density at radius 2 is 0.672 bits per heavy atom. The van der Waals surface area contributed by atoms with Crippen LogP contribution in [0.3, 0.4) is 0 Å². The zero-order valence-corrected chi connectivity index (χ0v) is 32.7. The summed E-state index contributed by atoms with van der Waals surface area (Å²) in [6, 6.07) is 77.9. The van der Waals surface area contributed by atoms with Gasteiger partial charge in [-0.15, -0.1) is 0 Å². The van der Waals surface area contributed by atoms with Gasteiger partial charge in [0.15, 0.2) is 0 Å². The number of benzene rings is 10. The lowest BCUT2D eigenvalue weighted by Gasteiger charge is -2.26. The maximum Gasteiger partial charge on any atom is 0.0462 e. The third kappa shape index (κ3) is 5.54. The van der Waals surface area contributed by atoms with E-state index >= 15 is 0 Å². The number of anilines is 3. The lowest BCUT2D eigenvalue weighted by atomic mass is 9.81. The lowest BCUT2D eigenvalue weighted by Crippen LogP contribution is -2.14. The highest BCUT2D eigenvalue weighted by molar-refractivity contribution is 6.26. The van der Waals surface area contributed by atoms with Crippen molar-refractivity contribution in [2.45, 2.75) is 19.3 Å². The predicted molar refractivity (Wildman–Crippen MR) is 248 cm³/mol. The van der Waals surface area contributed by atoms with Crippen LogP contribution in [-0.2, 0) is 5.41 Å². The third-order valence-electron chi connectivity index (χ3n) is 12.5. The van der Waals surface area contributed by atoms with Crippen LogP contribution in [0.4, 0.5) is 17.1 Å². The lowest BCUT2D eigenvalue weighted by molar-refractivity contribution is 0.661. The molecule has 0 saturated heterocycles. The minimum absolute atomic E-state index is 0.0540. The van der Waals surface area contributed by atoms with Gasteiger partial charge in [-0.25, -0.2) is 0 Å². The van der Waals surface area contributed by atoms with E-state index in [-0.39, 0.29) is 5.41 Å². The van der Waals surface area contributed by atoms with Crippen molar-refractivity contribution in [1.82, 2.24) is 0 Å². The quantitative estimate of drug-likeness (QED) is 0.154. The normalized spacial score (nSPS) is 12.8. The van der Waals surface area contributed by atoms with Gasteiger partial charge in [-0.1, -0.05) is 172 Å². The molecule has 0 saturated carbocycles. The maximum absolute atomic E-state index is 2.49. The number of nitrogens with zero attached hydrogens (tertiary/aromatic N) is 1. The van der Waals surface area contributed by atoms with Crippen molar-refractivity contribution in [3.63, 3.8) is 0 Å². The molecule has 0 fully saturated rings. The van der Waals surface area contributed by atoms with Crippen LogP contribution in [0.15, 0.2) is 212 Å². The summed E-state index contributed by atoms with van der Waals surface area (Å²) in [5.74, 6) is 0.